The van der Waals surface area contributed by atoms with Crippen molar-refractivity contribution in [2.24, 2.45) is 5.92 Å². The molecular weight excluding hydrogens is 262 g/mol. The number of nitrogens with zero attached hydrogens (tertiary/aromatic N) is 1. The third-order valence-corrected chi connectivity index (χ3v) is 4.09. The molecule has 2 N–H and O–H groups in total. The molecule has 4 nitrogen and oxygen atoms in total. The van der Waals surface area contributed by atoms with E-state index >= 15 is 0 Å². The lowest BCUT2D eigenvalue weighted by Crippen LogP contribution is -2.30. The van der Waals surface area contributed by atoms with Crippen LogP contribution in [0.2, 0.25) is 0 Å². The Morgan fingerprint density at radius 1 is 1.43 bits per heavy atom. The molecule has 0 spiro atoms. The molecule has 1 aliphatic heterocycles. The number of aryl methyl sites for hydroxylation is 1. The second kappa shape index (κ2) is 7.46. The second-order valence-corrected chi connectivity index (χ2v) is 6.08. The van der Waals surface area contributed by atoms with Crippen LogP contribution in [0.4, 0.5) is 5.69 Å². The fourth-order valence-electron chi connectivity index (χ4n) is 2.79. The summed E-state index contributed by atoms with van der Waals surface area (Å²) < 4.78 is 0. The Morgan fingerprint density at radius 3 is 2.86 bits per heavy atom. The molecule has 1 heterocycles. The lowest BCUT2D eigenvalue weighted by atomic mass is 10.1. The Balaban J connectivity index is 1.88. The standard InChI is InChI=1S/C17H27N3O/c1-4-8-18-16-6-5-15(10-13(16)2)17(21)19-11-14-7-9-20(3)12-14/h5-6,10,14,18H,4,7-9,11-12H2,1-3H3,(H,19,21). The minimum atomic E-state index is 0.0368. The summed E-state index contributed by atoms with van der Waals surface area (Å²) in [7, 11) is 2.13. The van der Waals surface area contributed by atoms with Gasteiger partial charge in [-0.3, -0.25) is 4.79 Å². The van der Waals surface area contributed by atoms with Crippen molar-refractivity contribution in [2.75, 3.05) is 38.5 Å². The molecular formula is C17H27N3O. The van der Waals surface area contributed by atoms with Gasteiger partial charge >= 0.3 is 0 Å². The Bertz CT molecular complexity index is 487. The van der Waals surface area contributed by atoms with E-state index in [1.807, 2.05) is 25.1 Å². The van der Waals surface area contributed by atoms with Gasteiger partial charge in [-0.05, 0) is 63.0 Å². The van der Waals surface area contributed by atoms with Crippen LogP contribution in [0.3, 0.4) is 0 Å². The first-order chi connectivity index (χ1) is 10.1. The molecule has 1 aromatic carbocycles. The van der Waals surface area contributed by atoms with Gasteiger partial charge in [-0.15, -0.1) is 0 Å². The fourth-order valence-corrected chi connectivity index (χ4v) is 2.79. The topological polar surface area (TPSA) is 44.4 Å². The highest BCUT2D eigenvalue weighted by molar-refractivity contribution is 5.94. The third-order valence-electron chi connectivity index (χ3n) is 4.09. The normalized spacial score (nSPS) is 18.7. The third kappa shape index (κ3) is 4.46. The predicted octanol–water partition coefficient (Wildman–Crippen LogP) is 2.50. The summed E-state index contributed by atoms with van der Waals surface area (Å²) in [5.74, 6) is 0.625. The molecule has 0 aliphatic carbocycles. The fraction of sp³-hybridized carbons (Fsp3) is 0.588. The molecule has 4 heteroatoms. The van der Waals surface area contributed by atoms with Crippen molar-refractivity contribution in [3.8, 4) is 0 Å². The number of likely N-dealkylation sites (tertiary alicyclic amines) is 1. The van der Waals surface area contributed by atoms with E-state index in [-0.39, 0.29) is 5.91 Å². The van der Waals surface area contributed by atoms with Crippen molar-refractivity contribution in [3.05, 3.63) is 29.3 Å². The van der Waals surface area contributed by atoms with E-state index < -0.39 is 0 Å². The summed E-state index contributed by atoms with van der Waals surface area (Å²) in [6, 6.07) is 5.87. The Morgan fingerprint density at radius 2 is 2.24 bits per heavy atom. The number of benzene rings is 1. The zero-order valence-electron chi connectivity index (χ0n) is 13.4. The van der Waals surface area contributed by atoms with Crippen molar-refractivity contribution in [2.45, 2.75) is 26.7 Å². The van der Waals surface area contributed by atoms with Gasteiger partial charge < -0.3 is 15.5 Å². The van der Waals surface area contributed by atoms with Crippen molar-refractivity contribution in [3.63, 3.8) is 0 Å². The molecule has 1 aromatic rings. The minimum absolute atomic E-state index is 0.0368. The first-order valence-electron chi connectivity index (χ1n) is 7.91. The molecule has 1 fully saturated rings. The van der Waals surface area contributed by atoms with Crippen LogP contribution >= 0.6 is 0 Å². The van der Waals surface area contributed by atoms with E-state index in [1.165, 1.54) is 6.42 Å². The molecule has 21 heavy (non-hydrogen) atoms. The molecule has 1 saturated heterocycles. The van der Waals surface area contributed by atoms with Crippen LogP contribution in [-0.2, 0) is 0 Å². The Labute approximate surface area is 127 Å². The average molecular weight is 289 g/mol. The lowest BCUT2D eigenvalue weighted by molar-refractivity contribution is 0.0947. The maximum Gasteiger partial charge on any atom is 0.251 e. The van der Waals surface area contributed by atoms with E-state index in [2.05, 4.69) is 29.5 Å². The van der Waals surface area contributed by atoms with Crippen molar-refractivity contribution in [1.82, 2.24) is 10.2 Å². The van der Waals surface area contributed by atoms with Crippen LogP contribution in [0.25, 0.3) is 0 Å². The average Bonchev–Trinajstić information content (AvgIpc) is 2.89. The van der Waals surface area contributed by atoms with Crippen LogP contribution < -0.4 is 10.6 Å². The van der Waals surface area contributed by atoms with Crippen molar-refractivity contribution in [1.29, 1.82) is 0 Å². The molecule has 1 atom stereocenters. The monoisotopic (exact) mass is 289 g/mol. The van der Waals surface area contributed by atoms with Crippen molar-refractivity contribution < 1.29 is 4.79 Å². The molecule has 1 unspecified atom stereocenters. The van der Waals surface area contributed by atoms with Gasteiger partial charge in [0.25, 0.3) is 5.91 Å². The highest BCUT2D eigenvalue weighted by atomic mass is 16.1. The van der Waals surface area contributed by atoms with Crippen LogP contribution in [0.1, 0.15) is 35.7 Å². The summed E-state index contributed by atoms with van der Waals surface area (Å²) in [5.41, 5.74) is 2.99. The summed E-state index contributed by atoms with van der Waals surface area (Å²) >= 11 is 0. The molecule has 0 bridgehead atoms. The van der Waals surface area contributed by atoms with E-state index in [0.29, 0.717) is 5.92 Å². The largest absolute Gasteiger partial charge is 0.385 e. The Kier molecular flexibility index (Phi) is 5.62. The van der Waals surface area contributed by atoms with Crippen LogP contribution in [0, 0.1) is 12.8 Å². The number of carbonyl (C=O) groups is 1. The summed E-state index contributed by atoms with van der Waals surface area (Å²) in [4.78, 5) is 14.5. The predicted molar refractivity (Wildman–Crippen MR) is 87.9 cm³/mol. The summed E-state index contributed by atoms with van der Waals surface area (Å²) in [6.07, 6.45) is 2.27. The highest BCUT2D eigenvalue weighted by Crippen LogP contribution is 2.17. The van der Waals surface area contributed by atoms with E-state index in [1.54, 1.807) is 0 Å². The second-order valence-electron chi connectivity index (χ2n) is 6.08. The summed E-state index contributed by atoms with van der Waals surface area (Å²) in [6.45, 7) is 8.14. The molecule has 0 saturated carbocycles. The number of amides is 1. The smallest absolute Gasteiger partial charge is 0.251 e. The maximum atomic E-state index is 12.2. The Hall–Kier alpha value is -1.55. The van der Waals surface area contributed by atoms with Gasteiger partial charge in [0, 0.05) is 30.9 Å². The van der Waals surface area contributed by atoms with Gasteiger partial charge in [-0.1, -0.05) is 6.92 Å². The molecule has 1 aliphatic rings. The van der Waals surface area contributed by atoms with Crippen LogP contribution in [0.15, 0.2) is 18.2 Å². The van der Waals surface area contributed by atoms with E-state index in [9.17, 15) is 4.79 Å². The quantitative estimate of drug-likeness (QED) is 0.845. The first kappa shape index (κ1) is 15.8. The van der Waals surface area contributed by atoms with Gasteiger partial charge in [0.05, 0.1) is 0 Å². The van der Waals surface area contributed by atoms with E-state index in [4.69, 9.17) is 0 Å². The summed E-state index contributed by atoms with van der Waals surface area (Å²) in [5, 5.41) is 6.44. The van der Waals surface area contributed by atoms with Gasteiger partial charge in [0.1, 0.15) is 0 Å². The number of nitrogens with one attached hydrogen (secondary N) is 2. The molecule has 116 valence electrons. The van der Waals surface area contributed by atoms with Gasteiger partial charge in [-0.2, -0.15) is 0 Å². The van der Waals surface area contributed by atoms with Crippen molar-refractivity contribution >= 4 is 11.6 Å². The maximum absolute atomic E-state index is 12.2. The molecule has 0 radical (unpaired) electrons. The number of carbonyl (C=O) groups excluding carboxylic acids is 1. The van der Waals surface area contributed by atoms with Gasteiger partial charge in [0.2, 0.25) is 0 Å². The number of hydrogen-bond donors (Lipinski definition) is 2. The van der Waals surface area contributed by atoms with Gasteiger partial charge in [0.15, 0.2) is 0 Å². The highest BCUT2D eigenvalue weighted by Gasteiger charge is 2.20. The van der Waals surface area contributed by atoms with Crippen LogP contribution in [-0.4, -0.2) is 44.0 Å². The first-order valence-corrected chi connectivity index (χ1v) is 7.91. The number of hydrogen-bond acceptors (Lipinski definition) is 3. The molecule has 1 amide bonds. The zero-order valence-corrected chi connectivity index (χ0v) is 13.4. The number of rotatable bonds is 6. The zero-order chi connectivity index (χ0) is 15.2. The SMILES string of the molecule is CCCNc1ccc(C(=O)NCC2CCN(C)C2)cc1C. The lowest BCUT2D eigenvalue weighted by Gasteiger charge is -2.13. The van der Waals surface area contributed by atoms with Gasteiger partial charge in [-0.25, -0.2) is 0 Å². The van der Waals surface area contributed by atoms with E-state index in [0.717, 1.165) is 49.4 Å². The molecule has 2 rings (SSSR count). The minimum Gasteiger partial charge on any atom is -0.385 e. The molecule has 0 aromatic heterocycles. The van der Waals surface area contributed by atoms with Crippen LogP contribution in [0.5, 0.6) is 0 Å². The number of anilines is 1.